The van der Waals surface area contributed by atoms with E-state index in [0.717, 1.165) is 19.3 Å². The molecule has 23 heavy (non-hydrogen) atoms. The Kier molecular flexibility index (Phi) is 4.53. The van der Waals surface area contributed by atoms with Gasteiger partial charge < -0.3 is 14.4 Å². The van der Waals surface area contributed by atoms with Gasteiger partial charge in [-0.05, 0) is 19.3 Å². The van der Waals surface area contributed by atoms with E-state index in [0.29, 0.717) is 32.1 Å². The fourth-order valence-electron chi connectivity index (χ4n) is 2.58. The van der Waals surface area contributed by atoms with Gasteiger partial charge in [0.2, 0.25) is 16.0 Å². The SMILES string of the molecule is COc1nc(OC)nc(N2CCCN(S(=O)(=O)C3CC3)CC2)n1. The zero-order valence-corrected chi connectivity index (χ0v) is 14.1. The van der Waals surface area contributed by atoms with Gasteiger partial charge in [-0.25, -0.2) is 8.42 Å². The zero-order valence-electron chi connectivity index (χ0n) is 13.3. The standard InChI is InChI=1S/C13H21N5O4S/c1-21-12-14-11(15-13(16-12)22-2)17-6-3-7-18(9-8-17)23(19,20)10-4-5-10/h10H,3-9H2,1-2H3. The number of hydrogen-bond acceptors (Lipinski definition) is 8. The van der Waals surface area contributed by atoms with Gasteiger partial charge in [0.05, 0.1) is 19.5 Å². The van der Waals surface area contributed by atoms with Crippen LogP contribution in [0.15, 0.2) is 0 Å². The molecule has 1 saturated carbocycles. The Balaban J connectivity index is 1.75. The smallest absolute Gasteiger partial charge is 0.324 e. The van der Waals surface area contributed by atoms with E-state index in [4.69, 9.17) is 9.47 Å². The molecular weight excluding hydrogens is 322 g/mol. The maximum atomic E-state index is 12.4. The maximum absolute atomic E-state index is 12.4. The van der Waals surface area contributed by atoms with Crippen molar-refractivity contribution in [1.82, 2.24) is 19.3 Å². The molecule has 0 radical (unpaired) electrons. The van der Waals surface area contributed by atoms with E-state index in [9.17, 15) is 8.42 Å². The van der Waals surface area contributed by atoms with Crippen LogP contribution < -0.4 is 14.4 Å². The molecule has 0 aromatic carbocycles. The average Bonchev–Trinajstić information content (AvgIpc) is 3.40. The lowest BCUT2D eigenvalue weighted by Crippen LogP contribution is -2.37. The van der Waals surface area contributed by atoms with Crippen LogP contribution in [-0.2, 0) is 10.0 Å². The van der Waals surface area contributed by atoms with Crippen molar-refractivity contribution in [2.24, 2.45) is 0 Å². The molecule has 0 unspecified atom stereocenters. The van der Waals surface area contributed by atoms with E-state index < -0.39 is 10.0 Å². The maximum Gasteiger partial charge on any atom is 0.324 e. The third kappa shape index (κ3) is 3.47. The van der Waals surface area contributed by atoms with E-state index >= 15 is 0 Å². The quantitative estimate of drug-likeness (QED) is 0.731. The predicted octanol–water partition coefficient (Wildman–Crippen LogP) is -0.107. The van der Waals surface area contributed by atoms with Crippen molar-refractivity contribution in [3.8, 4) is 12.0 Å². The monoisotopic (exact) mass is 343 g/mol. The predicted molar refractivity (Wildman–Crippen MR) is 83.3 cm³/mol. The second-order valence-electron chi connectivity index (χ2n) is 5.59. The molecule has 2 fully saturated rings. The molecule has 0 atom stereocenters. The van der Waals surface area contributed by atoms with Crippen LogP contribution in [0.1, 0.15) is 19.3 Å². The molecule has 0 amide bonds. The first-order valence-corrected chi connectivity index (χ1v) is 9.13. The van der Waals surface area contributed by atoms with Gasteiger partial charge >= 0.3 is 12.0 Å². The minimum absolute atomic E-state index is 0.175. The van der Waals surface area contributed by atoms with Gasteiger partial charge in [0.15, 0.2) is 0 Å². The molecule has 10 heteroatoms. The van der Waals surface area contributed by atoms with Crippen LogP contribution in [-0.4, -0.2) is 73.3 Å². The third-order valence-corrected chi connectivity index (χ3v) is 6.39. The van der Waals surface area contributed by atoms with Crippen molar-refractivity contribution in [2.75, 3.05) is 45.3 Å². The number of rotatable bonds is 5. The molecular formula is C13H21N5O4S. The normalized spacial score (nSPS) is 20.2. The van der Waals surface area contributed by atoms with E-state index in [-0.39, 0.29) is 17.3 Å². The summed E-state index contributed by atoms with van der Waals surface area (Å²) in [7, 11) is -0.185. The number of aromatic nitrogens is 3. The Bertz CT molecular complexity index is 642. The molecule has 0 N–H and O–H groups in total. The minimum Gasteiger partial charge on any atom is -0.467 e. The molecule has 2 heterocycles. The minimum atomic E-state index is -3.14. The molecule has 2 aliphatic rings. The molecule has 1 aliphatic heterocycles. The van der Waals surface area contributed by atoms with Crippen molar-refractivity contribution in [2.45, 2.75) is 24.5 Å². The first-order chi connectivity index (χ1) is 11.0. The van der Waals surface area contributed by atoms with Gasteiger partial charge in [-0.15, -0.1) is 4.98 Å². The first kappa shape index (κ1) is 16.2. The van der Waals surface area contributed by atoms with Crippen LogP contribution in [0.3, 0.4) is 0 Å². The van der Waals surface area contributed by atoms with E-state index in [1.54, 1.807) is 4.31 Å². The lowest BCUT2D eigenvalue weighted by Gasteiger charge is -2.22. The third-order valence-electron chi connectivity index (χ3n) is 3.99. The zero-order chi connectivity index (χ0) is 16.4. The van der Waals surface area contributed by atoms with Crippen LogP contribution in [0, 0.1) is 0 Å². The number of hydrogen-bond donors (Lipinski definition) is 0. The highest BCUT2D eigenvalue weighted by Crippen LogP contribution is 2.31. The van der Waals surface area contributed by atoms with Crippen LogP contribution in [0.2, 0.25) is 0 Å². The van der Waals surface area contributed by atoms with Gasteiger partial charge in [-0.3, -0.25) is 0 Å². The van der Waals surface area contributed by atoms with E-state index in [1.807, 2.05) is 4.90 Å². The summed E-state index contributed by atoms with van der Waals surface area (Å²) in [5, 5.41) is -0.175. The molecule has 0 bridgehead atoms. The van der Waals surface area contributed by atoms with Gasteiger partial charge in [-0.1, -0.05) is 0 Å². The Morgan fingerprint density at radius 1 is 0.957 bits per heavy atom. The van der Waals surface area contributed by atoms with Gasteiger partial charge in [0.25, 0.3) is 0 Å². The van der Waals surface area contributed by atoms with Crippen molar-refractivity contribution in [3.05, 3.63) is 0 Å². The molecule has 1 aromatic rings. The fourth-order valence-corrected chi connectivity index (χ4v) is 4.45. The highest BCUT2D eigenvalue weighted by molar-refractivity contribution is 7.90. The number of anilines is 1. The summed E-state index contributed by atoms with van der Waals surface area (Å²) >= 11 is 0. The van der Waals surface area contributed by atoms with E-state index in [2.05, 4.69) is 15.0 Å². The van der Waals surface area contributed by atoms with Gasteiger partial charge in [0, 0.05) is 26.2 Å². The topological polar surface area (TPSA) is 97.8 Å². The lowest BCUT2D eigenvalue weighted by atomic mass is 10.4. The highest BCUT2D eigenvalue weighted by atomic mass is 32.2. The summed E-state index contributed by atoms with van der Waals surface area (Å²) in [6, 6.07) is 0.358. The summed E-state index contributed by atoms with van der Waals surface area (Å²) < 4.78 is 36.5. The molecule has 9 nitrogen and oxygen atoms in total. The van der Waals surface area contributed by atoms with Crippen molar-refractivity contribution < 1.29 is 17.9 Å². The van der Waals surface area contributed by atoms with Crippen molar-refractivity contribution >= 4 is 16.0 Å². The number of ether oxygens (including phenoxy) is 2. The second-order valence-corrected chi connectivity index (χ2v) is 7.81. The van der Waals surface area contributed by atoms with Crippen molar-refractivity contribution in [1.29, 1.82) is 0 Å². The Labute approximate surface area is 135 Å². The van der Waals surface area contributed by atoms with Crippen LogP contribution >= 0.6 is 0 Å². The van der Waals surface area contributed by atoms with Crippen LogP contribution in [0.4, 0.5) is 5.95 Å². The Morgan fingerprint density at radius 3 is 2.17 bits per heavy atom. The van der Waals surface area contributed by atoms with Crippen LogP contribution in [0.5, 0.6) is 12.0 Å². The summed E-state index contributed by atoms with van der Waals surface area (Å²) in [6.45, 7) is 2.18. The Hall–Kier alpha value is -1.68. The molecule has 0 spiro atoms. The molecule has 1 saturated heterocycles. The second kappa shape index (κ2) is 6.44. The first-order valence-electron chi connectivity index (χ1n) is 7.62. The summed E-state index contributed by atoms with van der Waals surface area (Å²) in [5.74, 6) is 0.444. The summed E-state index contributed by atoms with van der Waals surface area (Å²) in [5.41, 5.74) is 0. The molecule has 1 aromatic heterocycles. The largest absolute Gasteiger partial charge is 0.467 e. The van der Waals surface area contributed by atoms with Crippen molar-refractivity contribution in [3.63, 3.8) is 0 Å². The lowest BCUT2D eigenvalue weighted by molar-refractivity contribution is 0.340. The molecule has 128 valence electrons. The molecule has 3 rings (SSSR count). The summed E-state index contributed by atoms with van der Waals surface area (Å²) in [6.07, 6.45) is 2.29. The average molecular weight is 343 g/mol. The summed E-state index contributed by atoms with van der Waals surface area (Å²) in [4.78, 5) is 14.4. The number of methoxy groups -OCH3 is 2. The molecule has 1 aliphatic carbocycles. The van der Waals surface area contributed by atoms with Gasteiger partial charge in [0.1, 0.15) is 0 Å². The Morgan fingerprint density at radius 2 is 1.61 bits per heavy atom. The number of sulfonamides is 1. The van der Waals surface area contributed by atoms with E-state index in [1.165, 1.54) is 14.2 Å². The van der Waals surface area contributed by atoms with Gasteiger partial charge in [-0.2, -0.15) is 14.3 Å². The number of nitrogens with zero attached hydrogens (tertiary/aromatic N) is 5. The fraction of sp³-hybridized carbons (Fsp3) is 0.769. The van der Waals surface area contributed by atoms with Crippen LogP contribution in [0.25, 0.3) is 0 Å². The highest BCUT2D eigenvalue weighted by Gasteiger charge is 2.40.